The molecular weight excluding hydrogens is 280 g/mol. The summed E-state index contributed by atoms with van der Waals surface area (Å²) in [5.41, 5.74) is 6.72. The van der Waals surface area contributed by atoms with Crippen molar-refractivity contribution < 1.29 is 4.74 Å². The molecule has 0 radical (unpaired) electrons. The highest BCUT2D eigenvalue weighted by Crippen LogP contribution is 2.31. The molecule has 0 spiro atoms. The van der Waals surface area contributed by atoms with Crippen LogP contribution >= 0.6 is 15.9 Å². The van der Waals surface area contributed by atoms with Crippen LogP contribution in [0.5, 0.6) is 5.88 Å². The molecule has 2 N–H and O–H groups in total. The Kier molecular flexibility index (Phi) is 4.40. The van der Waals surface area contributed by atoms with Crippen molar-refractivity contribution in [1.82, 2.24) is 4.98 Å². The number of aromatic nitrogens is 1. The van der Waals surface area contributed by atoms with Gasteiger partial charge >= 0.3 is 0 Å². The minimum absolute atomic E-state index is 0.603. The van der Waals surface area contributed by atoms with E-state index in [-0.39, 0.29) is 0 Å². The van der Waals surface area contributed by atoms with Crippen LogP contribution < -0.4 is 10.5 Å². The fourth-order valence-electron chi connectivity index (χ4n) is 2.44. The molecule has 1 aromatic heterocycles. The monoisotopic (exact) mass is 298 g/mol. The van der Waals surface area contributed by atoms with E-state index in [9.17, 15) is 0 Å². The molecule has 0 bridgehead atoms. The van der Waals surface area contributed by atoms with Gasteiger partial charge in [0.15, 0.2) is 0 Å². The Labute approximate surface area is 111 Å². The fourth-order valence-corrected chi connectivity index (χ4v) is 2.66. The van der Waals surface area contributed by atoms with Crippen molar-refractivity contribution >= 4 is 15.9 Å². The van der Waals surface area contributed by atoms with E-state index in [1.807, 2.05) is 19.1 Å². The first-order chi connectivity index (χ1) is 8.20. The molecule has 2 rings (SSSR count). The zero-order chi connectivity index (χ0) is 12.3. The zero-order valence-corrected chi connectivity index (χ0v) is 11.7. The SMILES string of the molecule is Cc1nc(OCC2CCCC2CN)ccc1Br. The van der Waals surface area contributed by atoms with Crippen molar-refractivity contribution in [2.24, 2.45) is 17.6 Å². The molecule has 1 fully saturated rings. The first-order valence-corrected chi connectivity index (χ1v) is 6.96. The molecule has 1 aromatic rings. The summed E-state index contributed by atoms with van der Waals surface area (Å²) < 4.78 is 6.79. The van der Waals surface area contributed by atoms with Gasteiger partial charge in [-0.2, -0.15) is 0 Å². The summed E-state index contributed by atoms with van der Waals surface area (Å²) in [6.07, 6.45) is 3.76. The molecular formula is C13H19BrN2O. The lowest BCUT2D eigenvalue weighted by atomic mass is 9.97. The molecule has 1 aliphatic rings. The number of aryl methyl sites for hydroxylation is 1. The summed E-state index contributed by atoms with van der Waals surface area (Å²) >= 11 is 3.43. The quantitative estimate of drug-likeness (QED) is 0.930. The summed E-state index contributed by atoms with van der Waals surface area (Å²) in [4.78, 5) is 4.38. The summed E-state index contributed by atoms with van der Waals surface area (Å²) in [5, 5.41) is 0. The first kappa shape index (κ1) is 12.8. The molecule has 1 heterocycles. The molecule has 17 heavy (non-hydrogen) atoms. The number of ether oxygens (including phenoxy) is 1. The summed E-state index contributed by atoms with van der Waals surface area (Å²) in [6, 6.07) is 3.89. The van der Waals surface area contributed by atoms with Gasteiger partial charge in [0.1, 0.15) is 0 Å². The Morgan fingerprint density at radius 3 is 2.88 bits per heavy atom. The predicted molar refractivity (Wildman–Crippen MR) is 72.1 cm³/mol. The summed E-state index contributed by atoms with van der Waals surface area (Å²) in [7, 11) is 0. The van der Waals surface area contributed by atoms with Crippen molar-refractivity contribution in [3.05, 3.63) is 22.3 Å². The maximum Gasteiger partial charge on any atom is 0.213 e. The minimum atomic E-state index is 0.603. The van der Waals surface area contributed by atoms with Crippen LogP contribution in [0.1, 0.15) is 25.0 Å². The Morgan fingerprint density at radius 1 is 1.41 bits per heavy atom. The third-order valence-corrected chi connectivity index (χ3v) is 4.40. The number of pyridine rings is 1. The molecule has 2 unspecified atom stereocenters. The second-order valence-corrected chi connectivity index (χ2v) is 5.57. The molecule has 0 saturated heterocycles. The van der Waals surface area contributed by atoms with Gasteiger partial charge in [0.25, 0.3) is 0 Å². The van der Waals surface area contributed by atoms with Crippen LogP contribution in [-0.2, 0) is 0 Å². The minimum Gasteiger partial charge on any atom is -0.477 e. The first-order valence-electron chi connectivity index (χ1n) is 6.16. The van der Waals surface area contributed by atoms with Gasteiger partial charge in [-0.25, -0.2) is 4.98 Å². The molecule has 0 aromatic carbocycles. The Balaban J connectivity index is 1.91. The van der Waals surface area contributed by atoms with E-state index in [1.54, 1.807) is 0 Å². The van der Waals surface area contributed by atoms with E-state index < -0.39 is 0 Å². The Hall–Kier alpha value is -0.610. The van der Waals surface area contributed by atoms with Gasteiger partial charge in [0, 0.05) is 10.5 Å². The van der Waals surface area contributed by atoms with E-state index in [0.29, 0.717) is 17.7 Å². The third-order valence-electron chi connectivity index (χ3n) is 3.56. The lowest BCUT2D eigenvalue weighted by Gasteiger charge is -2.18. The number of nitrogens with zero attached hydrogens (tertiary/aromatic N) is 1. The second-order valence-electron chi connectivity index (χ2n) is 4.71. The fraction of sp³-hybridized carbons (Fsp3) is 0.615. The van der Waals surface area contributed by atoms with Crippen molar-refractivity contribution in [3.8, 4) is 5.88 Å². The highest BCUT2D eigenvalue weighted by Gasteiger charge is 2.26. The molecule has 2 atom stereocenters. The van der Waals surface area contributed by atoms with Crippen molar-refractivity contribution in [3.63, 3.8) is 0 Å². The smallest absolute Gasteiger partial charge is 0.213 e. The van der Waals surface area contributed by atoms with Crippen LogP contribution in [0.2, 0.25) is 0 Å². The van der Waals surface area contributed by atoms with E-state index in [1.165, 1.54) is 19.3 Å². The lowest BCUT2D eigenvalue weighted by Crippen LogP contribution is -2.23. The van der Waals surface area contributed by atoms with Crippen molar-refractivity contribution in [2.75, 3.05) is 13.2 Å². The second kappa shape index (κ2) is 5.83. The highest BCUT2D eigenvalue weighted by atomic mass is 79.9. The van der Waals surface area contributed by atoms with Crippen LogP contribution in [-0.4, -0.2) is 18.1 Å². The lowest BCUT2D eigenvalue weighted by molar-refractivity contribution is 0.210. The normalized spacial score (nSPS) is 23.9. The number of hydrogen-bond acceptors (Lipinski definition) is 3. The van der Waals surface area contributed by atoms with Gasteiger partial charge in [0.2, 0.25) is 5.88 Å². The summed E-state index contributed by atoms with van der Waals surface area (Å²) in [5.74, 6) is 1.95. The highest BCUT2D eigenvalue weighted by molar-refractivity contribution is 9.10. The standard InChI is InChI=1S/C13H19BrN2O/c1-9-12(14)5-6-13(16-9)17-8-11-4-2-3-10(11)7-15/h5-6,10-11H,2-4,7-8,15H2,1H3. The molecule has 4 heteroatoms. The molecule has 1 aliphatic carbocycles. The maximum absolute atomic E-state index is 5.77. The van der Waals surface area contributed by atoms with E-state index >= 15 is 0 Å². The van der Waals surface area contributed by atoms with Crippen molar-refractivity contribution in [2.45, 2.75) is 26.2 Å². The molecule has 0 amide bonds. The summed E-state index contributed by atoms with van der Waals surface area (Å²) in [6.45, 7) is 3.49. The van der Waals surface area contributed by atoms with Crippen LogP contribution in [0, 0.1) is 18.8 Å². The van der Waals surface area contributed by atoms with Gasteiger partial charge in [-0.3, -0.25) is 0 Å². The zero-order valence-electron chi connectivity index (χ0n) is 10.2. The van der Waals surface area contributed by atoms with Crippen LogP contribution in [0.15, 0.2) is 16.6 Å². The Bertz CT molecular complexity index is 384. The molecule has 3 nitrogen and oxygen atoms in total. The molecule has 0 aliphatic heterocycles. The van der Waals surface area contributed by atoms with Gasteiger partial charge in [0.05, 0.1) is 12.3 Å². The van der Waals surface area contributed by atoms with Crippen LogP contribution in [0.4, 0.5) is 0 Å². The number of nitrogens with two attached hydrogens (primary N) is 1. The largest absolute Gasteiger partial charge is 0.477 e. The third kappa shape index (κ3) is 3.19. The molecule has 94 valence electrons. The van der Waals surface area contributed by atoms with E-state index in [4.69, 9.17) is 10.5 Å². The average Bonchev–Trinajstić information content (AvgIpc) is 2.78. The Morgan fingerprint density at radius 2 is 2.18 bits per heavy atom. The number of hydrogen-bond donors (Lipinski definition) is 1. The van der Waals surface area contributed by atoms with Crippen LogP contribution in [0.3, 0.4) is 0 Å². The number of halogens is 1. The van der Waals surface area contributed by atoms with Crippen molar-refractivity contribution in [1.29, 1.82) is 0 Å². The molecule has 1 saturated carbocycles. The van der Waals surface area contributed by atoms with Gasteiger partial charge < -0.3 is 10.5 Å². The van der Waals surface area contributed by atoms with E-state index in [0.717, 1.165) is 23.3 Å². The van der Waals surface area contributed by atoms with Gasteiger partial charge in [-0.1, -0.05) is 6.42 Å². The van der Waals surface area contributed by atoms with E-state index in [2.05, 4.69) is 20.9 Å². The van der Waals surface area contributed by atoms with Crippen LogP contribution in [0.25, 0.3) is 0 Å². The van der Waals surface area contributed by atoms with Gasteiger partial charge in [-0.05, 0) is 60.1 Å². The van der Waals surface area contributed by atoms with Gasteiger partial charge in [-0.15, -0.1) is 0 Å². The predicted octanol–water partition coefficient (Wildman–Crippen LogP) is 2.91. The average molecular weight is 299 g/mol. The topological polar surface area (TPSA) is 48.1 Å². The number of rotatable bonds is 4. The maximum atomic E-state index is 5.77.